The van der Waals surface area contributed by atoms with Crippen LogP contribution in [0.4, 0.5) is 5.69 Å². The van der Waals surface area contributed by atoms with E-state index in [9.17, 15) is 4.79 Å². The van der Waals surface area contributed by atoms with Crippen molar-refractivity contribution >= 4 is 34.1 Å². The number of fused-ring (bicyclic) bond motifs is 1. The second-order valence-corrected chi connectivity index (χ2v) is 7.99. The predicted octanol–water partition coefficient (Wildman–Crippen LogP) is 6.86. The van der Waals surface area contributed by atoms with Gasteiger partial charge in [-0.05, 0) is 66.6 Å². The van der Waals surface area contributed by atoms with Gasteiger partial charge in [0.25, 0.3) is 5.91 Å². The molecule has 0 saturated heterocycles. The van der Waals surface area contributed by atoms with Crippen LogP contribution in [-0.4, -0.2) is 5.91 Å². The Kier molecular flexibility index (Phi) is 5.18. The number of carbonyl (C=O) groups is 1. The smallest absolute Gasteiger partial charge is 0.256 e. The lowest BCUT2D eigenvalue weighted by atomic mass is 10.0. The molecule has 0 atom stereocenters. The quantitative estimate of drug-likeness (QED) is 0.417. The average Bonchev–Trinajstić information content (AvgIpc) is 2.71. The number of hydrogen-bond donors (Lipinski definition) is 1. The maximum atomic E-state index is 12.8. The van der Waals surface area contributed by atoms with Crippen LogP contribution < -0.4 is 5.32 Å². The summed E-state index contributed by atoms with van der Waals surface area (Å²) >= 11 is 1.74. The summed E-state index contributed by atoms with van der Waals surface area (Å²) in [6, 6.07) is 28.2. The van der Waals surface area contributed by atoms with Crippen LogP contribution in [0.3, 0.4) is 0 Å². The zero-order valence-electron chi connectivity index (χ0n) is 15.9. The zero-order chi connectivity index (χ0) is 19.5. The maximum Gasteiger partial charge on any atom is 0.256 e. The zero-order valence-corrected chi connectivity index (χ0v) is 16.7. The SMILES string of the molecule is Cc1ccc(Sc2ccc(NC(=O)c3cccc4ccccc34)cc2)c(C)c1. The third-order valence-electron chi connectivity index (χ3n) is 4.70. The van der Waals surface area contributed by atoms with E-state index in [0.29, 0.717) is 5.56 Å². The van der Waals surface area contributed by atoms with E-state index in [4.69, 9.17) is 0 Å². The van der Waals surface area contributed by atoms with Gasteiger partial charge >= 0.3 is 0 Å². The van der Waals surface area contributed by atoms with Gasteiger partial charge in [0.05, 0.1) is 0 Å². The molecule has 28 heavy (non-hydrogen) atoms. The second kappa shape index (κ2) is 7.91. The molecule has 0 aliphatic carbocycles. The number of hydrogen-bond acceptors (Lipinski definition) is 2. The van der Waals surface area contributed by atoms with Crippen LogP contribution in [0.2, 0.25) is 0 Å². The minimum absolute atomic E-state index is 0.0911. The minimum atomic E-state index is -0.0911. The highest BCUT2D eigenvalue weighted by Crippen LogP contribution is 2.31. The van der Waals surface area contributed by atoms with Gasteiger partial charge in [-0.2, -0.15) is 0 Å². The first-order chi connectivity index (χ1) is 13.6. The van der Waals surface area contributed by atoms with Crippen molar-refractivity contribution in [1.82, 2.24) is 0 Å². The van der Waals surface area contributed by atoms with Crippen LogP contribution in [-0.2, 0) is 0 Å². The number of benzene rings is 4. The Morgan fingerprint density at radius 2 is 1.57 bits per heavy atom. The largest absolute Gasteiger partial charge is 0.322 e. The summed E-state index contributed by atoms with van der Waals surface area (Å²) in [4.78, 5) is 15.2. The molecular weight excluding hydrogens is 362 g/mol. The molecule has 0 aromatic heterocycles. The summed E-state index contributed by atoms with van der Waals surface area (Å²) in [7, 11) is 0. The number of rotatable bonds is 4. The first-order valence-electron chi connectivity index (χ1n) is 9.24. The van der Waals surface area contributed by atoms with Crippen molar-refractivity contribution in [3.05, 3.63) is 102 Å². The third-order valence-corrected chi connectivity index (χ3v) is 5.89. The molecule has 0 saturated carbocycles. The van der Waals surface area contributed by atoms with Gasteiger partial charge in [0.15, 0.2) is 0 Å². The highest BCUT2D eigenvalue weighted by Gasteiger charge is 2.10. The molecule has 4 aromatic carbocycles. The number of nitrogens with one attached hydrogen (secondary N) is 1. The van der Waals surface area contributed by atoms with Crippen LogP contribution in [0.5, 0.6) is 0 Å². The van der Waals surface area contributed by atoms with Gasteiger partial charge in [0.1, 0.15) is 0 Å². The topological polar surface area (TPSA) is 29.1 Å². The Morgan fingerprint density at radius 3 is 2.36 bits per heavy atom. The Labute approximate surface area is 169 Å². The van der Waals surface area contributed by atoms with E-state index in [1.54, 1.807) is 11.8 Å². The van der Waals surface area contributed by atoms with Crippen LogP contribution in [0, 0.1) is 13.8 Å². The molecule has 1 amide bonds. The highest BCUT2D eigenvalue weighted by molar-refractivity contribution is 7.99. The highest BCUT2D eigenvalue weighted by atomic mass is 32.2. The van der Waals surface area contributed by atoms with Gasteiger partial charge in [0, 0.05) is 21.0 Å². The molecule has 0 spiro atoms. The van der Waals surface area contributed by atoms with Crippen molar-refractivity contribution in [3.63, 3.8) is 0 Å². The first-order valence-corrected chi connectivity index (χ1v) is 10.1. The third kappa shape index (κ3) is 3.95. The molecule has 2 nitrogen and oxygen atoms in total. The van der Waals surface area contributed by atoms with Gasteiger partial charge in [-0.25, -0.2) is 0 Å². The van der Waals surface area contributed by atoms with Gasteiger partial charge in [-0.3, -0.25) is 4.79 Å². The minimum Gasteiger partial charge on any atom is -0.322 e. The number of carbonyl (C=O) groups excluding carboxylic acids is 1. The van der Waals surface area contributed by atoms with Crippen molar-refractivity contribution in [1.29, 1.82) is 0 Å². The lowest BCUT2D eigenvalue weighted by molar-refractivity contribution is 0.102. The summed E-state index contributed by atoms with van der Waals surface area (Å²) in [5.41, 5.74) is 4.03. The van der Waals surface area contributed by atoms with Gasteiger partial charge in [-0.15, -0.1) is 0 Å². The fraction of sp³-hybridized carbons (Fsp3) is 0.0800. The van der Waals surface area contributed by atoms with E-state index in [1.165, 1.54) is 16.0 Å². The van der Waals surface area contributed by atoms with Gasteiger partial charge in [0.2, 0.25) is 0 Å². The Morgan fingerprint density at radius 1 is 0.821 bits per heavy atom. The number of aryl methyl sites for hydroxylation is 2. The van der Waals surface area contributed by atoms with Crippen LogP contribution in [0.1, 0.15) is 21.5 Å². The van der Waals surface area contributed by atoms with Crippen molar-refractivity contribution in [2.24, 2.45) is 0 Å². The molecule has 138 valence electrons. The number of amides is 1. The standard InChI is InChI=1S/C25H21NOS/c1-17-10-15-24(18(2)16-17)28-21-13-11-20(12-14-21)26-25(27)23-9-5-7-19-6-3-4-8-22(19)23/h3-16H,1-2H3,(H,26,27). The summed E-state index contributed by atoms with van der Waals surface area (Å²) in [6.45, 7) is 4.24. The van der Waals surface area contributed by atoms with Crippen LogP contribution in [0.25, 0.3) is 10.8 Å². The fourth-order valence-corrected chi connectivity index (χ4v) is 4.15. The van der Waals surface area contributed by atoms with Crippen LogP contribution >= 0.6 is 11.8 Å². The molecule has 0 radical (unpaired) electrons. The maximum absolute atomic E-state index is 12.8. The molecule has 0 aliphatic rings. The van der Waals surface area contributed by atoms with E-state index in [-0.39, 0.29) is 5.91 Å². The Bertz CT molecular complexity index is 1140. The molecular formula is C25H21NOS. The van der Waals surface area contributed by atoms with Crippen molar-refractivity contribution in [2.45, 2.75) is 23.6 Å². The first kappa shape index (κ1) is 18.3. The molecule has 0 unspecified atom stereocenters. The van der Waals surface area contributed by atoms with E-state index in [1.807, 2.05) is 66.7 Å². The summed E-state index contributed by atoms with van der Waals surface area (Å²) in [6.07, 6.45) is 0. The molecule has 0 aliphatic heterocycles. The summed E-state index contributed by atoms with van der Waals surface area (Å²) in [5, 5.41) is 5.04. The summed E-state index contributed by atoms with van der Waals surface area (Å²) in [5.74, 6) is -0.0911. The van der Waals surface area contributed by atoms with Gasteiger partial charge in [-0.1, -0.05) is 65.9 Å². The Hall–Kier alpha value is -3.04. The van der Waals surface area contributed by atoms with E-state index >= 15 is 0 Å². The van der Waals surface area contributed by atoms with Crippen molar-refractivity contribution in [2.75, 3.05) is 5.32 Å². The molecule has 3 heteroatoms. The fourth-order valence-electron chi connectivity index (χ4n) is 3.27. The average molecular weight is 384 g/mol. The lowest BCUT2D eigenvalue weighted by Crippen LogP contribution is -2.12. The molecule has 0 bridgehead atoms. The molecule has 0 heterocycles. The van der Waals surface area contributed by atoms with Gasteiger partial charge < -0.3 is 5.32 Å². The second-order valence-electron chi connectivity index (χ2n) is 6.88. The van der Waals surface area contributed by atoms with Crippen molar-refractivity contribution < 1.29 is 4.79 Å². The van der Waals surface area contributed by atoms with E-state index in [0.717, 1.165) is 21.4 Å². The van der Waals surface area contributed by atoms with Crippen molar-refractivity contribution in [3.8, 4) is 0 Å². The molecule has 4 rings (SSSR count). The normalized spacial score (nSPS) is 10.8. The monoisotopic (exact) mass is 383 g/mol. The molecule has 1 N–H and O–H groups in total. The van der Waals surface area contributed by atoms with E-state index < -0.39 is 0 Å². The molecule has 4 aromatic rings. The number of anilines is 1. The lowest BCUT2D eigenvalue weighted by Gasteiger charge is -2.10. The van der Waals surface area contributed by atoms with Crippen LogP contribution in [0.15, 0.2) is 94.7 Å². The molecule has 0 fully saturated rings. The Balaban J connectivity index is 1.50. The van der Waals surface area contributed by atoms with E-state index in [2.05, 4.69) is 37.4 Å². The summed E-state index contributed by atoms with van der Waals surface area (Å²) < 4.78 is 0. The predicted molar refractivity (Wildman–Crippen MR) is 118 cm³/mol.